The topological polar surface area (TPSA) is 58.6 Å². The fourth-order valence-corrected chi connectivity index (χ4v) is 3.29. The molecule has 0 saturated carbocycles. The van der Waals surface area contributed by atoms with Crippen LogP contribution < -0.4 is 10.1 Å². The van der Waals surface area contributed by atoms with Gasteiger partial charge >= 0.3 is 5.97 Å². The molecule has 1 aromatic rings. The smallest absolute Gasteiger partial charge is 0.307 e. The van der Waals surface area contributed by atoms with E-state index in [-0.39, 0.29) is 17.4 Å². The molecule has 21 heavy (non-hydrogen) atoms. The second-order valence-corrected chi connectivity index (χ2v) is 7.47. The van der Waals surface area contributed by atoms with Crippen LogP contribution in [0.2, 0.25) is 0 Å². The van der Waals surface area contributed by atoms with E-state index < -0.39 is 5.97 Å². The van der Waals surface area contributed by atoms with Gasteiger partial charge in [-0.15, -0.1) is 0 Å². The number of carboxylic acids is 1. The SMILES string of the molecule is COc1c(C2CC(C(=O)O)CN2)cc(Br)cc1C(C)(C)C. The molecule has 0 spiro atoms. The first-order valence-electron chi connectivity index (χ1n) is 7.08. The Morgan fingerprint density at radius 3 is 2.57 bits per heavy atom. The number of rotatable bonds is 3. The highest BCUT2D eigenvalue weighted by molar-refractivity contribution is 9.10. The van der Waals surface area contributed by atoms with Crippen LogP contribution in [-0.2, 0) is 10.2 Å². The van der Waals surface area contributed by atoms with E-state index in [9.17, 15) is 4.79 Å². The van der Waals surface area contributed by atoms with Crippen molar-refractivity contribution in [3.63, 3.8) is 0 Å². The maximum absolute atomic E-state index is 11.1. The van der Waals surface area contributed by atoms with E-state index in [1.165, 1.54) is 0 Å². The average molecular weight is 356 g/mol. The summed E-state index contributed by atoms with van der Waals surface area (Å²) in [6, 6.07) is 4.11. The zero-order valence-electron chi connectivity index (χ0n) is 12.9. The first-order valence-corrected chi connectivity index (χ1v) is 7.87. The van der Waals surface area contributed by atoms with Gasteiger partial charge in [-0.3, -0.25) is 4.79 Å². The lowest BCUT2D eigenvalue weighted by molar-refractivity contribution is -0.141. The number of aliphatic carboxylic acids is 1. The molecule has 1 saturated heterocycles. The standard InChI is InChI=1S/C16H22BrNO3/c1-16(2,3)12-7-10(17)6-11(14(12)21-4)13-5-9(8-18-13)15(19)20/h6-7,9,13,18H,5,8H2,1-4H3,(H,19,20). The lowest BCUT2D eigenvalue weighted by Crippen LogP contribution is -2.19. The van der Waals surface area contributed by atoms with Crippen LogP contribution in [0.25, 0.3) is 0 Å². The fraction of sp³-hybridized carbons (Fsp3) is 0.562. The number of carbonyl (C=O) groups is 1. The summed E-state index contributed by atoms with van der Waals surface area (Å²) in [6.45, 7) is 6.93. The molecule has 0 aliphatic carbocycles. The summed E-state index contributed by atoms with van der Waals surface area (Å²) < 4.78 is 6.65. The minimum Gasteiger partial charge on any atom is -0.496 e. The normalized spacial score (nSPS) is 22.3. The Hall–Kier alpha value is -1.07. The maximum Gasteiger partial charge on any atom is 0.307 e. The molecule has 5 heteroatoms. The minimum atomic E-state index is -0.741. The molecule has 1 aliphatic heterocycles. The third-order valence-corrected chi connectivity index (χ3v) is 4.41. The van der Waals surface area contributed by atoms with E-state index in [0.29, 0.717) is 13.0 Å². The largest absolute Gasteiger partial charge is 0.496 e. The molecule has 2 atom stereocenters. The highest BCUT2D eigenvalue weighted by Crippen LogP contribution is 2.41. The van der Waals surface area contributed by atoms with Crippen LogP contribution in [0.1, 0.15) is 44.4 Å². The molecule has 4 nitrogen and oxygen atoms in total. The molecule has 2 N–H and O–H groups in total. The zero-order valence-corrected chi connectivity index (χ0v) is 14.5. The molecule has 1 aromatic carbocycles. The molecule has 1 fully saturated rings. The molecule has 0 aromatic heterocycles. The van der Waals surface area contributed by atoms with Crippen molar-refractivity contribution in [3.05, 3.63) is 27.7 Å². The Kier molecular flexibility index (Phi) is 4.63. The average Bonchev–Trinajstić information content (AvgIpc) is 2.86. The number of nitrogens with one attached hydrogen (secondary N) is 1. The van der Waals surface area contributed by atoms with E-state index in [4.69, 9.17) is 9.84 Å². The van der Waals surface area contributed by atoms with Gasteiger partial charge in [0.2, 0.25) is 0 Å². The number of methoxy groups -OCH3 is 1. The Morgan fingerprint density at radius 2 is 2.10 bits per heavy atom. The Morgan fingerprint density at radius 1 is 1.43 bits per heavy atom. The van der Waals surface area contributed by atoms with Crippen LogP contribution in [-0.4, -0.2) is 24.7 Å². The zero-order chi connectivity index (χ0) is 15.8. The fourth-order valence-electron chi connectivity index (χ4n) is 2.82. The third kappa shape index (κ3) is 3.40. The summed E-state index contributed by atoms with van der Waals surface area (Å²) in [5.41, 5.74) is 2.10. The van der Waals surface area contributed by atoms with E-state index >= 15 is 0 Å². The van der Waals surface area contributed by atoms with Crippen LogP contribution in [0.3, 0.4) is 0 Å². The second kappa shape index (κ2) is 5.97. The number of halogens is 1. The van der Waals surface area contributed by atoms with Crippen LogP contribution >= 0.6 is 15.9 Å². The number of hydrogen-bond donors (Lipinski definition) is 2. The molecule has 116 valence electrons. The van der Waals surface area contributed by atoms with Crippen molar-refractivity contribution >= 4 is 21.9 Å². The van der Waals surface area contributed by atoms with Gasteiger partial charge in [0, 0.05) is 28.2 Å². The van der Waals surface area contributed by atoms with Gasteiger partial charge in [0.1, 0.15) is 5.75 Å². The third-order valence-electron chi connectivity index (χ3n) is 3.95. The summed E-state index contributed by atoms with van der Waals surface area (Å²) in [5.74, 6) is -0.221. The van der Waals surface area contributed by atoms with Gasteiger partial charge in [-0.25, -0.2) is 0 Å². The Labute approximate surface area is 134 Å². The highest BCUT2D eigenvalue weighted by Gasteiger charge is 2.33. The van der Waals surface area contributed by atoms with E-state index in [1.807, 2.05) is 6.07 Å². The summed E-state index contributed by atoms with van der Waals surface area (Å²) in [7, 11) is 1.67. The van der Waals surface area contributed by atoms with Gasteiger partial charge in [0.25, 0.3) is 0 Å². The van der Waals surface area contributed by atoms with Crippen molar-refractivity contribution < 1.29 is 14.6 Å². The van der Waals surface area contributed by atoms with Gasteiger partial charge < -0.3 is 15.2 Å². The molecule has 0 amide bonds. The van der Waals surface area contributed by atoms with Crippen LogP contribution in [0.5, 0.6) is 5.75 Å². The maximum atomic E-state index is 11.1. The first kappa shape index (κ1) is 16.3. The monoisotopic (exact) mass is 355 g/mol. The van der Waals surface area contributed by atoms with Gasteiger partial charge in [-0.1, -0.05) is 36.7 Å². The predicted octanol–water partition coefficient (Wildman–Crippen LogP) is 3.49. The Balaban J connectivity index is 2.45. The minimum absolute atomic E-state index is 0.0136. The van der Waals surface area contributed by atoms with Crippen molar-refractivity contribution in [2.24, 2.45) is 5.92 Å². The molecular weight excluding hydrogens is 334 g/mol. The molecule has 0 bridgehead atoms. The van der Waals surface area contributed by atoms with Crippen LogP contribution in [0.15, 0.2) is 16.6 Å². The van der Waals surface area contributed by atoms with Gasteiger partial charge in [-0.2, -0.15) is 0 Å². The molecule has 1 aliphatic rings. The van der Waals surface area contributed by atoms with Crippen molar-refractivity contribution in [3.8, 4) is 5.75 Å². The highest BCUT2D eigenvalue weighted by atomic mass is 79.9. The quantitative estimate of drug-likeness (QED) is 0.871. The second-order valence-electron chi connectivity index (χ2n) is 6.56. The molecule has 2 unspecified atom stereocenters. The first-order chi connectivity index (χ1) is 9.74. The van der Waals surface area contributed by atoms with E-state index in [0.717, 1.165) is 21.3 Å². The van der Waals surface area contributed by atoms with Crippen LogP contribution in [0, 0.1) is 5.92 Å². The summed E-state index contributed by atoms with van der Waals surface area (Å²) in [4.78, 5) is 11.1. The number of hydrogen-bond acceptors (Lipinski definition) is 3. The number of benzene rings is 1. The van der Waals surface area contributed by atoms with Crippen LogP contribution in [0.4, 0.5) is 0 Å². The molecule has 2 rings (SSSR count). The van der Waals surface area contributed by atoms with Crippen molar-refractivity contribution in [1.82, 2.24) is 5.32 Å². The van der Waals surface area contributed by atoms with Gasteiger partial charge in [0.15, 0.2) is 0 Å². The number of ether oxygens (including phenoxy) is 1. The number of carboxylic acid groups (broad SMARTS) is 1. The molecular formula is C16H22BrNO3. The van der Waals surface area contributed by atoms with E-state index in [1.54, 1.807) is 7.11 Å². The summed E-state index contributed by atoms with van der Waals surface area (Å²) >= 11 is 3.56. The van der Waals surface area contributed by atoms with Crippen molar-refractivity contribution in [2.75, 3.05) is 13.7 Å². The van der Waals surface area contributed by atoms with Gasteiger partial charge in [0.05, 0.1) is 13.0 Å². The van der Waals surface area contributed by atoms with Crippen molar-refractivity contribution in [2.45, 2.75) is 38.6 Å². The summed E-state index contributed by atoms with van der Waals surface area (Å²) in [6.07, 6.45) is 0.589. The molecule has 1 heterocycles. The van der Waals surface area contributed by atoms with Crippen molar-refractivity contribution in [1.29, 1.82) is 0 Å². The van der Waals surface area contributed by atoms with Gasteiger partial charge in [-0.05, 0) is 24.0 Å². The summed E-state index contributed by atoms with van der Waals surface area (Å²) in [5, 5.41) is 12.5. The lowest BCUT2D eigenvalue weighted by Gasteiger charge is -2.26. The van der Waals surface area contributed by atoms with E-state index in [2.05, 4.69) is 48.1 Å². The predicted molar refractivity (Wildman–Crippen MR) is 85.9 cm³/mol. The lowest BCUT2D eigenvalue weighted by atomic mass is 9.84. The Bertz CT molecular complexity index is 551. The molecule has 0 radical (unpaired) electrons.